The van der Waals surface area contributed by atoms with Crippen LogP contribution < -0.4 is 4.74 Å². The number of hydrogen-bond donors (Lipinski definition) is 0. The second-order valence-corrected chi connectivity index (χ2v) is 4.41. The largest absolute Gasteiger partial charge is 0.471 e. The molecule has 0 saturated carbocycles. The zero-order valence-electron chi connectivity index (χ0n) is 10.9. The van der Waals surface area contributed by atoms with E-state index in [0.29, 0.717) is 5.75 Å². The van der Waals surface area contributed by atoms with E-state index in [-0.39, 0.29) is 0 Å². The summed E-state index contributed by atoms with van der Waals surface area (Å²) in [6, 6.07) is 19.5. The highest BCUT2D eigenvalue weighted by Gasteiger charge is 2.11. The minimum absolute atomic E-state index is 0.413. The molecular formula is C18H13NO. The molecule has 1 atom stereocenters. The molecular weight excluding hydrogens is 246 g/mol. The quantitative estimate of drug-likeness (QED) is 0.663. The van der Waals surface area contributed by atoms with E-state index in [2.05, 4.69) is 10.9 Å². The number of ether oxygens (including phenoxy) is 1. The van der Waals surface area contributed by atoms with Crippen LogP contribution in [0.3, 0.4) is 0 Å². The molecule has 20 heavy (non-hydrogen) atoms. The van der Waals surface area contributed by atoms with E-state index in [9.17, 15) is 0 Å². The summed E-state index contributed by atoms with van der Waals surface area (Å²) in [7, 11) is 0. The number of para-hydroxylation sites is 1. The fraction of sp³-hybridized carbons (Fsp3) is 0.0556. The van der Waals surface area contributed by atoms with Crippen molar-refractivity contribution < 1.29 is 4.74 Å². The number of rotatable bonds is 3. The zero-order valence-corrected chi connectivity index (χ0v) is 10.9. The molecule has 0 aliphatic rings. The molecule has 0 saturated heterocycles. The highest BCUT2D eigenvalue weighted by atomic mass is 16.5. The van der Waals surface area contributed by atoms with Crippen LogP contribution in [0.25, 0.3) is 10.9 Å². The molecule has 3 rings (SSSR count). The van der Waals surface area contributed by atoms with Crippen molar-refractivity contribution in [3.63, 3.8) is 0 Å². The van der Waals surface area contributed by atoms with Crippen molar-refractivity contribution in [3.05, 3.63) is 72.4 Å². The first-order chi connectivity index (χ1) is 9.88. The van der Waals surface area contributed by atoms with E-state index >= 15 is 0 Å². The Morgan fingerprint density at radius 3 is 2.55 bits per heavy atom. The van der Waals surface area contributed by atoms with Crippen LogP contribution in [0.4, 0.5) is 0 Å². The van der Waals surface area contributed by atoms with Crippen LogP contribution in [-0.2, 0) is 0 Å². The summed E-state index contributed by atoms with van der Waals surface area (Å²) in [6.45, 7) is 0. The van der Waals surface area contributed by atoms with Crippen molar-refractivity contribution in [2.75, 3.05) is 0 Å². The normalized spacial score (nSPS) is 11.8. The van der Waals surface area contributed by atoms with Gasteiger partial charge in [-0.25, -0.2) is 0 Å². The number of aromatic nitrogens is 1. The highest BCUT2D eigenvalue weighted by molar-refractivity contribution is 5.84. The maximum Gasteiger partial charge on any atom is 0.184 e. The van der Waals surface area contributed by atoms with Gasteiger partial charge in [0.15, 0.2) is 6.10 Å². The summed E-state index contributed by atoms with van der Waals surface area (Å²) >= 11 is 0. The second-order valence-electron chi connectivity index (χ2n) is 4.41. The van der Waals surface area contributed by atoms with Crippen LogP contribution in [0.2, 0.25) is 0 Å². The van der Waals surface area contributed by atoms with E-state index in [1.54, 1.807) is 6.20 Å². The average molecular weight is 259 g/mol. The van der Waals surface area contributed by atoms with E-state index in [1.165, 1.54) is 0 Å². The SMILES string of the molecule is C#CC(Oc1cccc2cccnc12)c1ccccc1. The molecule has 0 N–H and O–H groups in total. The van der Waals surface area contributed by atoms with Crippen molar-refractivity contribution in [3.8, 4) is 18.1 Å². The lowest BCUT2D eigenvalue weighted by molar-refractivity contribution is 0.268. The first kappa shape index (κ1) is 12.3. The molecule has 0 bridgehead atoms. The number of fused-ring (bicyclic) bond motifs is 1. The molecule has 0 fully saturated rings. The van der Waals surface area contributed by atoms with Gasteiger partial charge in [-0.2, -0.15) is 0 Å². The molecule has 2 aromatic carbocycles. The first-order valence-corrected chi connectivity index (χ1v) is 6.40. The molecule has 1 unspecified atom stereocenters. The first-order valence-electron chi connectivity index (χ1n) is 6.40. The summed E-state index contributed by atoms with van der Waals surface area (Å²) in [4.78, 5) is 4.37. The number of terminal acetylenes is 1. The monoisotopic (exact) mass is 259 g/mol. The molecule has 1 aromatic heterocycles. The lowest BCUT2D eigenvalue weighted by Crippen LogP contribution is -2.05. The minimum Gasteiger partial charge on any atom is -0.471 e. The molecule has 2 heteroatoms. The van der Waals surface area contributed by atoms with E-state index in [0.717, 1.165) is 16.5 Å². The summed E-state index contributed by atoms with van der Waals surface area (Å²) < 4.78 is 5.96. The predicted molar refractivity (Wildman–Crippen MR) is 80.4 cm³/mol. The molecule has 96 valence electrons. The van der Waals surface area contributed by atoms with E-state index in [4.69, 9.17) is 11.2 Å². The third-order valence-electron chi connectivity index (χ3n) is 3.09. The highest BCUT2D eigenvalue weighted by Crippen LogP contribution is 2.27. The van der Waals surface area contributed by atoms with Crippen molar-refractivity contribution >= 4 is 10.9 Å². The van der Waals surface area contributed by atoms with Crippen molar-refractivity contribution in [1.82, 2.24) is 4.98 Å². The lowest BCUT2D eigenvalue weighted by Gasteiger charge is -2.15. The summed E-state index contributed by atoms with van der Waals surface area (Å²) in [6.07, 6.45) is 6.94. The summed E-state index contributed by atoms with van der Waals surface area (Å²) in [5, 5.41) is 1.04. The average Bonchev–Trinajstić information content (AvgIpc) is 2.53. The zero-order chi connectivity index (χ0) is 13.8. The summed E-state index contributed by atoms with van der Waals surface area (Å²) in [5.41, 5.74) is 1.79. The van der Waals surface area contributed by atoms with Crippen molar-refractivity contribution in [2.24, 2.45) is 0 Å². The van der Waals surface area contributed by atoms with Gasteiger partial charge in [0.1, 0.15) is 11.3 Å². The fourth-order valence-electron chi connectivity index (χ4n) is 2.12. The Morgan fingerprint density at radius 1 is 0.950 bits per heavy atom. The molecule has 1 heterocycles. The van der Waals surface area contributed by atoms with Gasteiger partial charge in [0.25, 0.3) is 0 Å². The fourth-order valence-corrected chi connectivity index (χ4v) is 2.12. The number of hydrogen-bond acceptors (Lipinski definition) is 2. The van der Waals surface area contributed by atoms with Crippen LogP contribution in [0.5, 0.6) is 5.75 Å². The Hall–Kier alpha value is -2.79. The topological polar surface area (TPSA) is 22.1 Å². The van der Waals surface area contributed by atoms with Crippen LogP contribution in [0.1, 0.15) is 11.7 Å². The Labute approximate surface area is 118 Å². The van der Waals surface area contributed by atoms with Crippen LogP contribution in [0, 0.1) is 12.3 Å². The number of benzene rings is 2. The van der Waals surface area contributed by atoms with Gasteiger partial charge in [0.2, 0.25) is 0 Å². The molecule has 0 spiro atoms. The van der Waals surface area contributed by atoms with Gasteiger partial charge in [-0.15, -0.1) is 6.42 Å². The Morgan fingerprint density at radius 2 is 1.75 bits per heavy atom. The Bertz CT molecular complexity index is 754. The molecule has 0 aliphatic heterocycles. The van der Waals surface area contributed by atoms with E-state index < -0.39 is 6.10 Å². The maximum absolute atomic E-state index is 5.96. The lowest BCUT2D eigenvalue weighted by atomic mass is 10.1. The smallest absolute Gasteiger partial charge is 0.184 e. The van der Waals surface area contributed by atoms with Crippen LogP contribution >= 0.6 is 0 Å². The van der Waals surface area contributed by atoms with Gasteiger partial charge in [-0.05, 0) is 12.1 Å². The molecule has 2 nitrogen and oxygen atoms in total. The van der Waals surface area contributed by atoms with Crippen LogP contribution in [-0.4, -0.2) is 4.98 Å². The molecule has 0 radical (unpaired) electrons. The number of pyridine rings is 1. The third-order valence-corrected chi connectivity index (χ3v) is 3.09. The Balaban J connectivity index is 1.99. The van der Waals surface area contributed by atoms with Gasteiger partial charge in [-0.3, -0.25) is 4.98 Å². The van der Waals surface area contributed by atoms with Gasteiger partial charge in [0.05, 0.1) is 0 Å². The number of nitrogens with zero attached hydrogens (tertiary/aromatic N) is 1. The minimum atomic E-state index is -0.413. The van der Waals surface area contributed by atoms with Crippen molar-refractivity contribution in [2.45, 2.75) is 6.10 Å². The standard InChI is InChI=1S/C18H13NO/c1-2-16(14-8-4-3-5-9-14)20-17-12-6-10-15-11-7-13-19-18(15)17/h1,3-13,16H. The molecule has 0 amide bonds. The van der Waals surface area contributed by atoms with Crippen molar-refractivity contribution in [1.29, 1.82) is 0 Å². The summed E-state index contributed by atoms with van der Waals surface area (Å²) in [5.74, 6) is 3.39. The van der Waals surface area contributed by atoms with E-state index in [1.807, 2.05) is 60.7 Å². The second kappa shape index (κ2) is 5.46. The van der Waals surface area contributed by atoms with Gasteiger partial charge >= 0.3 is 0 Å². The maximum atomic E-state index is 5.96. The van der Waals surface area contributed by atoms with Gasteiger partial charge < -0.3 is 4.74 Å². The molecule has 3 aromatic rings. The van der Waals surface area contributed by atoms with Gasteiger partial charge in [0, 0.05) is 17.1 Å². The molecule has 0 aliphatic carbocycles. The van der Waals surface area contributed by atoms with Crippen LogP contribution in [0.15, 0.2) is 66.9 Å². The Kier molecular flexibility index (Phi) is 3.34. The van der Waals surface area contributed by atoms with Gasteiger partial charge in [-0.1, -0.05) is 54.5 Å². The predicted octanol–water partition coefficient (Wildman–Crippen LogP) is 3.99. The third kappa shape index (κ3) is 2.34.